The zero-order chi connectivity index (χ0) is 66.1. The van der Waals surface area contributed by atoms with E-state index in [0.29, 0.717) is 0 Å². The Hall–Kier alpha value is -10.9. The van der Waals surface area contributed by atoms with Gasteiger partial charge in [0.05, 0.1) is 56.0 Å². The molecule has 0 N–H and O–H groups in total. The number of thiophene rings is 2. The first-order valence-corrected chi connectivity index (χ1v) is 34.9. The minimum Gasteiger partial charge on any atom is -0.399 e. The van der Waals surface area contributed by atoms with Gasteiger partial charge in [-0.25, -0.2) is 19.9 Å². The Morgan fingerprint density at radius 3 is 1.05 bits per heavy atom. The van der Waals surface area contributed by atoms with Crippen molar-refractivity contribution in [2.45, 2.75) is 38.9 Å². The van der Waals surface area contributed by atoms with Gasteiger partial charge < -0.3 is 18.4 Å². The summed E-state index contributed by atoms with van der Waals surface area (Å²) >= 11 is 9.66. The molecule has 0 aliphatic carbocycles. The van der Waals surface area contributed by atoms with Crippen molar-refractivity contribution in [3.05, 3.63) is 309 Å². The van der Waals surface area contributed by atoms with E-state index in [1.807, 2.05) is 102 Å². The van der Waals surface area contributed by atoms with E-state index in [-0.39, 0.29) is 6.71 Å². The summed E-state index contributed by atoms with van der Waals surface area (Å²) in [6.07, 6.45) is 0. The van der Waals surface area contributed by atoms with Crippen LogP contribution in [0.5, 0.6) is 0 Å². The molecule has 0 saturated carbocycles. The molecule has 12 aromatic carbocycles. The zero-order valence-electron chi connectivity index (χ0n) is 54.1. The van der Waals surface area contributed by atoms with Gasteiger partial charge in [-0.15, -0.1) is 22.7 Å². The average Bonchev–Trinajstić information content (AvgIpc) is 1.59. The van der Waals surface area contributed by atoms with E-state index in [9.17, 15) is 0 Å². The van der Waals surface area contributed by atoms with Crippen LogP contribution in [0.1, 0.15) is 29.1 Å². The topological polar surface area (TPSA) is 79.9 Å². The molecule has 98 heavy (non-hydrogen) atoms. The van der Waals surface area contributed by atoms with Crippen molar-refractivity contribution in [3.8, 4) is 67.8 Å². The van der Waals surface area contributed by atoms with Gasteiger partial charge in [-0.05, 0) is 112 Å². The summed E-state index contributed by atoms with van der Waals surface area (Å²) in [4.78, 5) is 19.1. The Bertz CT molecular complexity index is 5820. The molecule has 1 aliphatic heterocycles. The van der Waals surface area contributed by atoms with Gasteiger partial charge in [0.15, 0.2) is 5.82 Å². The minimum absolute atomic E-state index is 0. The van der Waals surface area contributed by atoms with E-state index >= 15 is 0 Å². The lowest BCUT2D eigenvalue weighted by atomic mass is 9.78. The second-order valence-corrected chi connectivity index (χ2v) is 28.1. The number of hydrogen-bond donors (Lipinski definition) is 0. The lowest BCUT2D eigenvalue weighted by molar-refractivity contribution is 0.00578. The molecule has 0 amide bonds. The Morgan fingerprint density at radius 2 is 0.653 bits per heavy atom. The fourth-order valence-electron chi connectivity index (χ4n) is 13.6. The molecule has 1 saturated heterocycles. The second-order valence-electron chi connectivity index (χ2n) is 25.6. The quantitative estimate of drug-likeness (QED) is 0.111. The van der Waals surface area contributed by atoms with Gasteiger partial charge in [0.25, 0.3) is 0 Å². The summed E-state index contributed by atoms with van der Waals surface area (Å²) in [6, 6.07) is 106. The molecule has 7 heterocycles. The van der Waals surface area contributed by atoms with Crippen LogP contribution in [0.2, 0.25) is 5.28 Å². The number of halogens is 1. The molecule has 472 valence electrons. The highest BCUT2D eigenvalue weighted by Crippen LogP contribution is 2.45. The van der Waals surface area contributed by atoms with E-state index in [1.165, 1.54) is 84.0 Å². The normalized spacial score (nSPS) is 13.4. The molecule has 0 bridgehead atoms. The van der Waals surface area contributed by atoms with E-state index in [0.717, 1.165) is 73.3 Å². The highest BCUT2D eigenvalue weighted by Gasteiger charge is 2.52. The predicted molar refractivity (Wildman–Crippen MR) is 415 cm³/mol. The van der Waals surface area contributed by atoms with Crippen LogP contribution in [0.3, 0.4) is 0 Å². The SMILES string of the molecule is CC1(C)OB(c2cc(-n3c4ccccc4c4ccccc43)cc3c2sc2ccccc23)OC1(C)C.Clc1nc(-c2ccccc2)cc(-c2ccccc2)n1.[2HH].c1ccc(-c2cc(-c3ccccc3)nc(-c3cc(-n4c5ccccc5c5ccccc54)cc4c3sc3ccccc34)n2)cc1. The molecular weight excluding hydrogens is 1260 g/mol. The molecule has 0 radical (unpaired) electrons. The molecule has 0 atom stereocenters. The molecule has 12 heteroatoms. The smallest absolute Gasteiger partial charge is 0.399 e. The molecule has 0 unspecified atom stereocenters. The highest BCUT2D eigenvalue weighted by atomic mass is 35.5. The van der Waals surface area contributed by atoms with Crippen LogP contribution < -0.4 is 5.46 Å². The molecular formula is C86H64BClN6O2S2. The molecule has 18 aromatic rings. The lowest BCUT2D eigenvalue weighted by Gasteiger charge is -2.32. The summed E-state index contributed by atoms with van der Waals surface area (Å²) in [5, 5.41) is 10.3. The largest absolute Gasteiger partial charge is 0.496 e. The summed E-state index contributed by atoms with van der Waals surface area (Å²) in [5.41, 5.74) is 16.0. The van der Waals surface area contributed by atoms with Gasteiger partial charge >= 0.3 is 7.12 Å². The number of aromatic nitrogens is 6. The number of hydrogen-bond acceptors (Lipinski definition) is 8. The van der Waals surface area contributed by atoms with Crippen molar-refractivity contribution in [1.29, 1.82) is 0 Å². The van der Waals surface area contributed by atoms with Crippen molar-refractivity contribution < 1.29 is 10.7 Å². The highest BCUT2D eigenvalue weighted by molar-refractivity contribution is 7.27. The van der Waals surface area contributed by atoms with Crippen molar-refractivity contribution in [2.24, 2.45) is 0 Å². The number of nitrogens with zero attached hydrogens (tertiary/aromatic N) is 6. The maximum Gasteiger partial charge on any atom is 0.496 e. The first-order valence-electron chi connectivity index (χ1n) is 32.9. The van der Waals surface area contributed by atoms with Crippen molar-refractivity contribution >= 4 is 131 Å². The first-order chi connectivity index (χ1) is 48.0. The van der Waals surface area contributed by atoms with Crippen LogP contribution in [-0.2, 0) is 9.31 Å². The summed E-state index contributed by atoms with van der Waals surface area (Å²) in [7, 11) is -0.427. The Labute approximate surface area is 581 Å². The zero-order valence-corrected chi connectivity index (χ0v) is 56.5. The van der Waals surface area contributed by atoms with Crippen molar-refractivity contribution in [1.82, 2.24) is 29.1 Å². The van der Waals surface area contributed by atoms with Crippen LogP contribution in [0.4, 0.5) is 0 Å². The van der Waals surface area contributed by atoms with Gasteiger partial charge in [-0.1, -0.05) is 231 Å². The van der Waals surface area contributed by atoms with Crippen LogP contribution in [0.15, 0.2) is 303 Å². The van der Waals surface area contributed by atoms with Gasteiger partial charge in [-0.3, -0.25) is 0 Å². The first kappa shape index (κ1) is 60.8. The fourth-order valence-corrected chi connectivity index (χ4v) is 16.2. The minimum atomic E-state index is -0.427. The number of rotatable bonds is 8. The Morgan fingerprint density at radius 1 is 0.337 bits per heavy atom. The van der Waals surface area contributed by atoms with E-state index < -0.39 is 18.3 Å². The van der Waals surface area contributed by atoms with Crippen molar-refractivity contribution in [3.63, 3.8) is 0 Å². The third kappa shape index (κ3) is 11.0. The van der Waals surface area contributed by atoms with Crippen LogP contribution >= 0.6 is 34.3 Å². The van der Waals surface area contributed by atoms with Gasteiger partial charge in [0, 0.05) is 108 Å². The third-order valence-electron chi connectivity index (χ3n) is 19.1. The monoisotopic (exact) mass is 1320 g/mol. The number of fused-ring (bicyclic) bond motifs is 12. The second kappa shape index (κ2) is 25.0. The summed E-state index contributed by atoms with van der Waals surface area (Å²) in [5.74, 6) is 0.726. The molecule has 1 fully saturated rings. The van der Waals surface area contributed by atoms with Crippen molar-refractivity contribution in [2.75, 3.05) is 0 Å². The van der Waals surface area contributed by atoms with E-state index in [4.69, 9.17) is 30.9 Å². The Kier molecular flexibility index (Phi) is 15.5. The van der Waals surface area contributed by atoms with Crippen LogP contribution in [-0.4, -0.2) is 47.4 Å². The van der Waals surface area contributed by atoms with E-state index in [1.54, 1.807) is 0 Å². The lowest BCUT2D eigenvalue weighted by Crippen LogP contribution is -2.41. The average molecular weight is 1320 g/mol. The standard InChI is InChI=1S/C40H25N3S.C30H26BNO2S.C16H11ClN2.H2/c1-3-13-26(14-4-1)34-25-35(27-15-5-2-6-16-27)42-40(41-34)33-24-28(23-32-31-19-9-12-22-38(31)44-39(32)33)43-36-20-10-7-17-29(36)30-18-8-11-21-37(30)43;1-29(2)30(3,4)34-31(33-29)24-18-19(17-23-22-13-7-10-16-27(22)35-28(23)24)32-25-14-8-5-11-20(25)21-12-6-9-15-26(21)32;17-16-18-14(12-7-3-1-4-8-12)11-15(19-16)13-9-5-2-6-10-13;/h1-25H;5-18H,1-4H3;1-11H;1H/i;;;1+1. The summed E-state index contributed by atoms with van der Waals surface area (Å²) < 4.78 is 22.9. The maximum atomic E-state index is 6.58. The predicted octanol–water partition coefficient (Wildman–Crippen LogP) is 23.1. The van der Waals surface area contributed by atoms with Gasteiger partial charge in [0.2, 0.25) is 5.28 Å². The maximum absolute atomic E-state index is 6.58. The Balaban J connectivity index is 0.000000124. The van der Waals surface area contributed by atoms with E-state index in [2.05, 4.69) is 271 Å². The summed E-state index contributed by atoms with van der Waals surface area (Å²) in [6.45, 7) is 8.47. The van der Waals surface area contributed by atoms with Gasteiger partial charge in [0.1, 0.15) is 0 Å². The van der Waals surface area contributed by atoms with Crippen LogP contribution in [0.25, 0.3) is 152 Å². The van der Waals surface area contributed by atoms with Crippen LogP contribution in [0, 0.1) is 0 Å². The fraction of sp³-hybridized carbons (Fsp3) is 0.0698. The molecule has 6 aromatic heterocycles. The number of para-hydroxylation sites is 4. The molecule has 0 spiro atoms. The number of benzene rings is 12. The molecule has 8 nitrogen and oxygen atoms in total. The molecule has 19 rings (SSSR count). The third-order valence-corrected chi connectivity index (χ3v) is 21.7. The molecule has 1 aliphatic rings. The van der Waals surface area contributed by atoms with Gasteiger partial charge in [-0.2, -0.15) is 0 Å².